The number of hydrogen-bond donors (Lipinski definition) is 2. The highest BCUT2D eigenvalue weighted by Gasteiger charge is 2.15. The van der Waals surface area contributed by atoms with E-state index in [9.17, 15) is 4.79 Å². The molecule has 3 aromatic rings. The molecule has 0 radical (unpaired) electrons. The second-order valence-corrected chi connectivity index (χ2v) is 5.23. The number of aromatic nitrogens is 1. The number of nitrogens with one attached hydrogen (secondary N) is 1. The second kappa shape index (κ2) is 5.27. The van der Waals surface area contributed by atoms with Crippen molar-refractivity contribution < 1.29 is 9.21 Å². The Morgan fingerprint density at radius 2 is 2.24 bits per heavy atom. The SMILES string of the molecule is Cc1cc(Cn2ccc3cccc(Cl)c32)oc1C(=O)NN. The highest BCUT2D eigenvalue weighted by molar-refractivity contribution is 6.35. The lowest BCUT2D eigenvalue weighted by Crippen LogP contribution is -2.30. The van der Waals surface area contributed by atoms with E-state index in [0.717, 1.165) is 16.5 Å². The first-order valence-corrected chi connectivity index (χ1v) is 6.81. The van der Waals surface area contributed by atoms with E-state index in [1.165, 1.54) is 0 Å². The van der Waals surface area contributed by atoms with Crippen LogP contribution in [0.1, 0.15) is 21.9 Å². The summed E-state index contributed by atoms with van der Waals surface area (Å²) in [5.41, 5.74) is 3.76. The summed E-state index contributed by atoms with van der Waals surface area (Å²) >= 11 is 6.25. The fraction of sp³-hybridized carbons (Fsp3) is 0.133. The third kappa shape index (κ3) is 2.41. The number of nitrogens with two attached hydrogens (primary N) is 1. The molecule has 108 valence electrons. The van der Waals surface area contributed by atoms with Crippen LogP contribution >= 0.6 is 11.6 Å². The molecule has 0 saturated carbocycles. The number of amides is 1. The first-order chi connectivity index (χ1) is 10.1. The van der Waals surface area contributed by atoms with Crippen LogP contribution < -0.4 is 11.3 Å². The number of benzene rings is 1. The summed E-state index contributed by atoms with van der Waals surface area (Å²) in [4.78, 5) is 11.6. The molecule has 2 aromatic heterocycles. The summed E-state index contributed by atoms with van der Waals surface area (Å²) < 4.78 is 7.56. The number of nitrogen functional groups attached to an aromatic ring is 1. The number of hydrogen-bond acceptors (Lipinski definition) is 3. The molecule has 0 bridgehead atoms. The molecular formula is C15H14ClN3O2. The maximum Gasteiger partial charge on any atom is 0.301 e. The van der Waals surface area contributed by atoms with Gasteiger partial charge in [-0.25, -0.2) is 5.84 Å². The van der Waals surface area contributed by atoms with Crippen LogP contribution in [0.4, 0.5) is 0 Å². The Morgan fingerprint density at radius 3 is 3.00 bits per heavy atom. The Kier molecular flexibility index (Phi) is 3.45. The number of halogens is 1. The average molecular weight is 304 g/mol. The number of fused-ring (bicyclic) bond motifs is 1. The summed E-state index contributed by atoms with van der Waals surface area (Å²) in [6.45, 7) is 2.30. The van der Waals surface area contributed by atoms with Crippen molar-refractivity contribution in [2.75, 3.05) is 0 Å². The molecule has 0 fully saturated rings. The fourth-order valence-corrected chi connectivity index (χ4v) is 2.72. The third-order valence-electron chi connectivity index (χ3n) is 3.37. The number of furan rings is 1. The summed E-state index contributed by atoms with van der Waals surface area (Å²) in [5, 5.41) is 1.74. The predicted molar refractivity (Wildman–Crippen MR) is 81.1 cm³/mol. The van der Waals surface area contributed by atoms with E-state index in [0.29, 0.717) is 17.3 Å². The van der Waals surface area contributed by atoms with Crippen molar-refractivity contribution in [1.29, 1.82) is 0 Å². The number of hydrazine groups is 1. The quantitative estimate of drug-likeness (QED) is 0.444. The van der Waals surface area contributed by atoms with Gasteiger partial charge in [0.15, 0.2) is 5.76 Å². The topological polar surface area (TPSA) is 73.2 Å². The van der Waals surface area contributed by atoms with Crippen LogP contribution in [0.25, 0.3) is 10.9 Å². The largest absolute Gasteiger partial charge is 0.454 e. The molecule has 6 heteroatoms. The lowest BCUT2D eigenvalue weighted by molar-refractivity contribution is 0.0923. The molecule has 0 atom stereocenters. The van der Waals surface area contributed by atoms with Crippen molar-refractivity contribution in [3.05, 3.63) is 58.6 Å². The number of carbonyl (C=O) groups is 1. The molecule has 3 N–H and O–H groups in total. The minimum Gasteiger partial charge on any atom is -0.454 e. The summed E-state index contributed by atoms with van der Waals surface area (Å²) in [6.07, 6.45) is 1.94. The average Bonchev–Trinajstić information content (AvgIpc) is 3.03. The Bertz CT molecular complexity index is 820. The Hall–Kier alpha value is -2.24. The number of aryl methyl sites for hydroxylation is 1. The van der Waals surface area contributed by atoms with Crippen molar-refractivity contribution in [3.8, 4) is 0 Å². The van der Waals surface area contributed by atoms with Crippen LogP contribution in [-0.2, 0) is 6.54 Å². The molecule has 5 nitrogen and oxygen atoms in total. The molecule has 3 rings (SSSR count). The van der Waals surface area contributed by atoms with E-state index in [1.807, 2.05) is 41.1 Å². The van der Waals surface area contributed by atoms with Gasteiger partial charge in [-0.2, -0.15) is 0 Å². The van der Waals surface area contributed by atoms with Gasteiger partial charge in [-0.15, -0.1) is 0 Å². The molecule has 0 spiro atoms. The minimum absolute atomic E-state index is 0.232. The van der Waals surface area contributed by atoms with Gasteiger partial charge in [-0.05, 0) is 25.1 Å². The molecule has 21 heavy (non-hydrogen) atoms. The molecule has 0 saturated heterocycles. The predicted octanol–water partition coefficient (Wildman–Crippen LogP) is 2.85. The zero-order chi connectivity index (χ0) is 15.0. The first kappa shape index (κ1) is 13.7. The Morgan fingerprint density at radius 1 is 1.43 bits per heavy atom. The molecule has 0 aliphatic heterocycles. The molecule has 2 heterocycles. The Balaban J connectivity index is 1.98. The monoisotopic (exact) mass is 303 g/mol. The van der Waals surface area contributed by atoms with E-state index >= 15 is 0 Å². The zero-order valence-corrected chi connectivity index (χ0v) is 12.1. The number of carbonyl (C=O) groups excluding carboxylic acids is 1. The highest BCUT2D eigenvalue weighted by atomic mass is 35.5. The molecule has 1 amide bonds. The van der Waals surface area contributed by atoms with Crippen molar-refractivity contribution >= 4 is 28.4 Å². The summed E-state index contributed by atoms with van der Waals surface area (Å²) in [6, 6.07) is 9.58. The van der Waals surface area contributed by atoms with E-state index in [4.69, 9.17) is 21.9 Å². The van der Waals surface area contributed by atoms with Crippen molar-refractivity contribution in [1.82, 2.24) is 9.99 Å². The highest BCUT2D eigenvalue weighted by Crippen LogP contribution is 2.26. The van der Waals surface area contributed by atoms with Gasteiger partial charge in [0.05, 0.1) is 17.1 Å². The molecule has 1 aromatic carbocycles. The Labute approximate surface area is 126 Å². The first-order valence-electron chi connectivity index (χ1n) is 6.43. The van der Waals surface area contributed by atoms with E-state index in [-0.39, 0.29) is 5.76 Å². The lowest BCUT2D eigenvalue weighted by atomic mass is 10.2. The number of rotatable bonds is 3. The van der Waals surface area contributed by atoms with Gasteiger partial charge >= 0.3 is 5.91 Å². The maximum atomic E-state index is 11.6. The standard InChI is InChI=1S/C15H14ClN3O2/c1-9-7-11(21-14(9)15(20)18-17)8-19-6-5-10-3-2-4-12(16)13(10)19/h2-7H,8,17H2,1H3,(H,18,20). The van der Waals surface area contributed by atoms with Gasteiger partial charge in [0.1, 0.15) is 5.76 Å². The van der Waals surface area contributed by atoms with Gasteiger partial charge in [0.25, 0.3) is 0 Å². The summed E-state index contributed by atoms with van der Waals surface area (Å²) in [5.74, 6) is 5.60. The molecular weight excluding hydrogens is 290 g/mol. The van der Waals surface area contributed by atoms with E-state index < -0.39 is 5.91 Å². The normalized spacial score (nSPS) is 11.0. The summed E-state index contributed by atoms with van der Waals surface area (Å²) in [7, 11) is 0. The van der Waals surface area contributed by atoms with Crippen LogP contribution in [0.2, 0.25) is 5.02 Å². The van der Waals surface area contributed by atoms with Crippen molar-refractivity contribution in [2.24, 2.45) is 5.84 Å². The van der Waals surface area contributed by atoms with Crippen molar-refractivity contribution in [3.63, 3.8) is 0 Å². The number of para-hydroxylation sites is 1. The van der Waals surface area contributed by atoms with Crippen LogP contribution in [-0.4, -0.2) is 10.5 Å². The van der Waals surface area contributed by atoms with E-state index in [1.54, 1.807) is 6.92 Å². The fourth-order valence-electron chi connectivity index (χ4n) is 2.43. The van der Waals surface area contributed by atoms with Crippen LogP contribution in [0, 0.1) is 6.92 Å². The zero-order valence-electron chi connectivity index (χ0n) is 11.4. The number of nitrogens with zero attached hydrogens (tertiary/aromatic N) is 1. The maximum absolute atomic E-state index is 11.6. The van der Waals surface area contributed by atoms with Gasteiger partial charge in [0.2, 0.25) is 0 Å². The molecule has 0 aliphatic rings. The van der Waals surface area contributed by atoms with E-state index in [2.05, 4.69) is 5.43 Å². The van der Waals surface area contributed by atoms with Gasteiger partial charge in [-0.3, -0.25) is 10.2 Å². The van der Waals surface area contributed by atoms with Gasteiger partial charge in [0, 0.05) is 17.1 Å². The van der Waals surface area contributed by atoms with Crippen LogP contribution in [0.5, 0.6) is 0 Å². The van der Waals surface area contributed by atoms with Gasteiger partial charge < -0.3 is 8.98 Å². The molecule has 0 aliphatic carbocycles. The second-order valence-electron chi connectivity index (χ2n) is 4.82. The lowest BCUT2D eigenvalue weighted by Gasteiger charge is -2.04. The van der Waals surface area contributed by atoms with Crippen LogP contribution in [0.15, 0.2) is 40.9 Å². The third-order valence-corrected chi connectivity index (χ3v) is 3.68. The smallest absolute Gasteiger partial charge is 0.301 e. The van der Waals surface area contributed by atoms with Crippen LogP contribution in [0.3, 0.4) is 0 Å². The minimum atomic E-state index is -0.436. The van der Waals surface area contributed by atoms with Crippen molar-refractivity contribution in [2.45, 2.75) is 13.5 Å². The molecule has 0 unspecified atom stereocenters. The van der Waals surface area contributed by atoms with Gasteiger partial charge in [-0.1, -0.05) is 23.7 Å².